The molecular formula is C17H19NO3S. The van der Waals surface area contributed by atoms with E-state index in [0.29, 0.717) is 11.3 Å². The van der Waals surface area contributed by atoms with Crippen LogP contribution in [0, 0.1) is 0 Å². The van der Waals surface area contributed by atoms with Crippen molar-refractivity contribution in [2.45, 2.75) is 12.5 Å². The van der Waals surface area contributed by atoms with Gasteiger partial charge in [-0.3, -0.25) is 9.00 Å². The summed E-state index contributed by atoms with van der Waals surface area (Å²) in [6, 6.07) is 15.9. The van der Waals surface area contributed by atoms with Gasteiger partial charge in [0, 0.05) is 28.4 Å². The van der Waals surface area contributed by atoms with Gasteiger partial charge in [-0.1, -0.05) is 48.5 Å². The lowest BCUT2D eigenvalue weighted by Gasteiger charge is -2.18. The highest BCUT2D eigenvalue weighted by Gasteiger charge is 2.17. The van der Waals surface area contributed by atoms with Crippen LogP contribution >= 0.6 is 0 Å². The monoisotopic (exact) mass is 317 g/mol. The molecule has 2 atom stereocenters. The van der Waals surface area contributed by atoms with Crippen molar-refractivity contribution < 1.29 is 14.1 Å². The lowest BCUT2D eigenvalue weighted by molar-refractivity contribution is -0.121. The van der Waals surface area contributed by atoms with Gasteiger partial charge in [-0.25, -0.2) is 0 Å². The first-order chi connectivity index (χ1) is 10.6. The van der Waals surface area contributed by atoms with Gasteiger partial charge in [0.05, 0.1) is 12.5 Å². The van der Waals surface area contributed by atoms with Crippen LogP contribution in [0.25, 0.3) is 0 Å². The fraction of sp³-hybridized carbons (Fsp3) is 0.235. The molecule has 0 aliphatic rings. The molecule has 2 aromatic carbocycles. The van der Waals surface area contributed by atoms with Crippen LogP contribution in [0.3, 0.4) is 0 Å². The molecule has 0 spiro atoms. The third-order valence-electron chi connectivity index (χ3n) is 3.28. The summed E-state index contributed by atoms with van der Waals surface area (Å²) in [6.07, 6.45) is 1.71. The first kappa shape index (κ1) is 16.2. The topological polar surface area (TPSA) is 66.4 Å². The molecule has 0 fully saturated rings. The number of phenols is 1. The molecule has 0 radical (unpaired) electrons. The van der Waals surface area contributed by atoms with Crippen molar-refractivity contribution in [3.05, 3.63) is 65.7 Å². The highest BCUT2D eigenvalue weighted by atomic mass is 32.2. The maximum atomic E-state index is 12.2. The Morgan fingerprint density at radius 1 is 1.14 bits per heavy atom. The predicted octanol–water partition coefficient (Wildman–Crippen LogP) is 2.17. The van der Waals surface area contributed by atoms with Gasteiger partial charge in [-0.15, -0.1) is 0 Å². The number of phenolic OH excluding ortho intramolecular Hbond substituents is 1. The molecule has 0 bridgehead atoms. The van der Waals surface area contributed by atoms with Gasteiger partial charge in [-0.05, 0) is 11.6 Å². The number of benzene rings is 2. The van der Waals surface area contributed by atoms with Crippen LogP contribution in [-0.4, -0.2) is 27.2 Å². The lowest BCUT2D eigenvalue weighted by atomic mass is 10.1. The maximum absolute atomic E-state index is 12.2. The zero-order valence-corrected chi connectivity index (χ0v) is 13.2. The van der Waals surface area contributed by atoms with Gasteiger partial charge < -0.3 is 10.4 Å². The number of amides is 1. The number of para-hydroxylation sites is 1. The van der Waals surface area contributed by atoms with Gasteiger partial charge in [0.1, 0.15) is 5.75 Å². The number of carbonyl (C=O) groups excluding carboxylic acids is 1. The largest absolute Gasteiger partial charge is 0.508 e. The molecule has 4 nitrogen and oxygen atoms in total. The fourth-order valence-corrected chi connectivity index (χ4v) is 2.97. The minimum Gasteiger partial charge on any atom is -0.508 e. The lowest BCUT2D eigenvalue weighted by Crippen LogP contribution is -2.33. The van der Waals surface area contributed by atoms with Crippen molar-refractivity contribution in [2.75, 3.05) is 12.0 Å². The first-order valence-corrected chi connectivity index (χ1v) is 8.70. The molecule has 5 heteroatoms. The van der Waals surface area contributed by atoms with E-state index in [1.807, 2.05) is 30.3 Å². The summed E-state index contributed by atoms with van der Waals surface area (Å²) < 4.78 is 11.5. The minimum atomic E-state index is -1.03. The standard InChI is InChI=1S/C17H19NO3S/c1-22(21)12-15(13-7-3-2-4-8-13)18-17(20)11-14-9-5-6-10-16(14)19/h2-10,15,19H,11-12H2,1H3,(H,18,20)/t15-,22+/m0/s1. The molecule has 116 valence electrons. The van der Waals surface area contributed by atoms with Crippen LogP contribution in [0.15, 0.2) is 54.6 Å². The van der Waals surface area contributed by atoms with E-state index in [2.05, 4.69) is 5.32 Å². The Balaban J connectivity index is 2.08. The van der Waals surface area contributed by atoms with Crippen molar-refractivity contribution in [1.29, 1.82) is 0 Å². The van der Waals surface area contributed by atoms with Crippen LogP contribution in [0.5, 0.6) is 5.75 Å². The van der Waals surface area contributed by atoms with Crippen LogP contribution in [0.2, 0.25) is 0 Å². The summed E-state index contributed by atoms with van der Waals surface area (Å²) in [5.74, 6) is 0.255. The molecule has 0 aromatic heterocycles. The third kappa shape index (κ3) is 4.70. The summed E-state index contributed by atoms with van der Waals surface area (Å²) in [6.45, 7) is 0. The Morgan fingerprint density at radius 3 is 2.41 bits per heavy atom. The number of aromatic hydroxyl groups is 1. The Hall–Kier alpha value is -2.14. The Kier molecular flexibility index (Phi) is 5.72. The third-order valence-corrected chi connectivity index (χ3v) is 4.08. The summed E-state index contributed by atoms with van der Waals surface area (Å²) in [7, 11) is -1.03. The molecule has 0 saturated heterocycles. The second kappa shape index (κ2) is 7.75. The number of hydrogen-bond acceptors (Lipinski definition) is 3. The van der Waals surface area contributed by atoms with Crippen LogP contribution in [0.4, 0.5) is 0 Å². The maximum Gasteiger partial charge on any atom is 0.225 e. The van der Waals surface area contributed by atoms with E-state index in [4.69, 9.17) is 0 Å². The first-order valence-electron chi connectivity index (χ1n) is 6.97. The Labute approximate surface area is 132 Å². The van der Waals surface area contributed by atoms with E-state index in [1.165, 1.54) is 0 Å². The summed E-state index contributed by atoms with van der Waals surface area (Å²) >= 11 is 0. The van der Waals surface area contributed by atoms with Crippen molar-refractivity contribution in [1.82, 2.24) is 5.32 Å². The Bertz CT molecular complexity index is 658. The van der Waals surface area contributed by atoms with Crippen molar-refractivity contribution in [2.24, 2.45) is 0 Å². The number of nitrogens with one attached hydrogen (secondary N) is 1. The fourth-order valence-electron chi connectivity index (χ4n) is 2.22. The van der Waals surface area contributed by atoms with Gasteiger partial charge in [-0.2, -0.15) is 0 Å². The van der Waals surface area contributed by atoms with E-state index >= 15 is 0 Å². The van der Waals surface area contributed by atoms with Gasteiger partial charge >= 0.3 is 0 Å². The van der Waals surface area contributed by atoms with Crippen molar-refractivity contribution in [3.63, 3.8) is 0 Å². The highest BCUT2D eigenvalue weighted by Crippen LogP contribution is 2.18. The number of carbonyl (C=O) groups is 1. The smallest absolute Gasteiger partial charge is 0.225 e. The summed E-state index contributed by atoms with van der Waals surface area (Å²) in [4.78, 5) is 12.2. The van der Waals surface area contributed by atoms with Crippen LogP contribution in [-0.2, 0) is 22.0 Å². The zero-order chi connectivity index (χ0) is 15.9. The minimum absolute atomic E-state index is 0.0896. The van der Waals surface area contributed by atoms with Crippen molar-refractivity contribution >= 4 is 16.7 Å². The molecule has 1 amide bonds. The second-order valence-electron chi connectivity index (χ2n) is 5.08. The van der Waals surface area contributed by atoms with Gasteiger partial charge in [0.25, 0.3) is 0 Å². The quantitative estimate of drug-likeness (QED) is 0.858. The van der Waals surface area contributed by atoms with Crippen LogP contribution in [0.1, 0.15) is 17.2 Å². The van der Waals surface area contributed by atoms with E-state index in [0.717, 1.165) is 5.56 Å². The molecule has 0 aliphatic carbocycles. The normalized spacial score (nSPS) is 13.3. The molecule has 0 saturated carbocycles. The second-order valence-corrected chi connectivity index (χ2v) is 6.56. The summed E-state index contributed by atoms with van der Waals surface area (Å²) in [5, 5.41) is 12.6. The van der Waals surface area contributed by atoms with E-state index in [1.54, 1.807) is 30.5 Å². The van der Waals surface area contributed by atoms with Gasteiger partial charge in [0.15, 0.2) is 0 Å². The van der Waals surface area contributed by atoms with Crippen LogP contribution < -0.4 is 5.32 Å². The van der Waals surface area contributed by atoms with Crippen molar-refractivity contribution in [3.8, 4) is 5.75 Å². The SMILES string of the molecule is C[S@@](=O)C[C@H](NC(=O)Cc1ccccc1O)c1ccccc1. The molecule has 0 aliphatic heterocycles. The number of rotatable bonds is 6. The average molecular weight is 317 g/mol. The van der Waals surface area contributed by atoms with E-state index in [-0.39, 0.29) is 24.1 Å². The highest BCUT2D eigenvalue weighted by molar-refractivity contribution is 7.84. The molecule has 2 N–H and O–H groups in total. The molecule has 2 aromatic rings. The summed E-state index contributed by atoms with van der Waals surface area (Å²) in [5.41, 5.74) is 1.49. The van der Waals surface area contributed by atoms with E-state index in [9.17, 15) is 14.1 Å². The molecular weight excluding hydrogens is 298 g/mol. The molecule has 0 unspecified atom stereocenters. The zero-order valence-electron chi connectivity index (χ0n) is 12.4. The molecule has 22 heavy (non-hydrogen) atoms. The number of hydrogen-bond donors (Lipinski definition) is 2. The van der Waals surface area contributed by atoms with E-state index < -0.39 is 10.8 Å². The molecule has 0 heterocycles. The predicted molar refractivity (Wildman–Crippen MR) is 88.1 cm³/mol. The Morgan fingerprint density at radius 2 is 1.77 bits per heavy atom. The van der Waals surface area contributed by atoms with Gasteiger partial charge in [0.2, 0.25) is 5.91 Å². The average Bonchev–Trinajstić information content (AvgIpc) is 2.49. The molecule has 2 rings (SSSR count).